The van der Waals surface area contributed by atoms with E-state index in [1.165, 1.54) is 23.7 Å². The van der Waals surface area contributed by atoms with Crippen LogP contribution in [-0.2, 0) is 0 Å². The summed E-state index contributed by atoms with van der Waals surface area (Å²) in [6, 6.07) is 21.3. The number of nitro benzene ring substituents is 1. The van der Waals surface area contributed by atoms with Gasteiger partial charge in [-0.3, -0.25) is 24.8 Å². The van der Waals surface area contributed by atoms with E-state index in [9.17, 15) is 19.7 Å². The van der Waals surface area contributed by atoms with Crippen molar-refractivity contribution in [2.24, 2.45) is 10.2 Å². The molecular formula is C23H17N5O4. The minimum atomic E-state index is -0.493. The number of benzene rings is 3. The van der Waals surface area contributed by atoms with E-state index in [1.807, 2.05) is 6.07 Å². The van der Waals surface area contributed by atoms with Gasteiger partial charge in [0.15, 0.2) is 11.5 Å². The maximum Gasteiger partial charge on any atom is 0.299 e. The van der Waals surface area contributed by atoms with Crippen molar-refractivity contribution in [2.45, 2.75) is 6.92 Å². The predicted molar refractivity (Wildman–Crippen MR) is 119 cm³/mol. The van der Waals surface area contributed by atoms with E-state index >= 15 is 0 Å². The maximum atomic E-state index is 13.1. The summed E-state index contributed by atoms with van der Waals surface area (Å²) in [5.74, 6) is -0.0645. The molecule has 0 atom stereocenters. The highest BCUT2D eigenvalue weighted by Crippen LogP contribution is 2.29. The van der Waals surface area contributed by atoms with Gasteiger partial charge in [0.2, 0.25) is 0 Å². The van der Waals surface area contributed by atoms with Crippen molar-refractivity contribution >= 4 is 22.8 Å². The van der Waals surface area contributed by atoms with E-state index in [0.717, 1.165) is 0 Å². The third-order valence-electron chi connectivity index (χ3n) is 4.79. The summed E-state index contributed by atoms with van der Waals surface area (Å²) < 4.78 is 1.34. The molecule has 0 aliphatic rings. The summed E-state index contributed by atoms with van der Waals surface area (Å²) in [5.41, 5.74) is 2.11. The van der Waals surface area contributed by atoms with E-state index in [2.05, 4.69) is 15.3 Å². The highest BCUT2D eigenvalue weighted by molar-refractivity contribution is 5.94. The van der Waals surface area contributed by atoms with E-state index < -0.39 is 10.5 Å². The van der Waals surface area contributed by atoms with E-state index in [1.54, 1.807) is 60.7 Å². The smallest absolute Gasteiger partial charge is 0.295 e. The second kappa shape index (κ2) is 8.60. The molecule has 158 valence electrons. The first-order valence-electron chi connectivity index (χ1n) is 9.62. The Bertz CT molecular complexity index is 1370. The standard InChI is InChI=1S/C23H17N5O4/c1-15(29)16-7-11-18(12-8-16)24-25-22-21(17-9-13-20(14-10-17)28(31)32)26-27(23(22)30)19-5-3-2-4-6-19/h2-14,26H,1H3. The van der Waals surface area contributed by atoms with Crippen molar-refractivity contribution < 1.29 is 9.72 Å². The van der Waals surface area contributed by atoms with Gasteiger partial charge < -0.3 is 0 Å². The van der Waals surface area contributed by atoms with Crippen molar-refractivity contribution in [1.82, 2.24) is 9.78 Å². The molecule has 0 fully saturated rings. The van der Waals surface area contributed by atoms with Gasteiger partial charge in [-0.1, -0.05) is 18.2 Å². The van der Waals surface area contributed by atoms with Gasteiger partial charge in [0.1, 0.15) is 0 Å². The fourth-order valence-electron chi connectivity index (χ4n) is 3.10. The highest BCUT2D eigenvalue weighted by atomic mass is 16.6. The summed E-state index contributed by atoms with van der Waals surface area (Å²) in [6.07, 6.45) is 0. The Morgan fingerprint density at radius 2 is 1.59 bits per heavy atom. The predicted octanol–water partition coefficient (Wildman–Crippen LogP) is 5.36. The molecule has 0 unspecified atom stereocenters. The van der Waals surface area contributed by atoms with Gasteiger partial charge in [-0.25, -0.2) is 4.68 Å². The molecule has 0 amide bonds. The van der Waals surface area contributed by atoms with Crippen molar-refractivity contribution in [3.8, 4) is 16.9 Å². The van der Waals surface area contributed by atoms with Crippen LogP contribution in [0.5, 0.6) is 0 Å². The molecular weight excluding hydrogens is 410 g/mol. The number of nitrogens with one attached hydrogen (secondary N) is 1. The molecule has 32 heavy (non-hydrogen) atoms. The molecule has 3 aromatic carbocycles. The molecule has 1 N–H and O–H groups in total. The second-order valence-electron chi connectivity index (χ2n) is 6.92. The van der Waals surface area contributed by atoms with E-state index in [-0.39, 0.29) is 17.2 Å². The number of H-pyrrole nitrogens is 1. The van der Waals surface area contributed by atoms with Crippen LogP contribution in [-0.4, -0.2) is 20.5 Å². The van der Waals surface area contributed by atoms with Crippen molar-refractivity contribution in [1.29, 1.82) is 0 Å². The van der Waals surface area contributed by atoms with Crippen LogP contribution in [0.4, 0.5) is 17.1 Å². The number of carbonyl (C=O) groups excluding carboxylic acids is 1. The number of Topliss-reactive ketones (excluding diaryl/α,β-unsaturated/α-hetero) is 1. The average molecular weight is 427 g/mol. The number of hydrogen-bond donors (Lipinski definition) is 1. The number of nitrogens with zero attached hydrogens (tertiary/aromatic N) is 4. The molecule has 1 heterocycles. The van der Waals surface area contributed by atoms with Crippen LogP contribution in [0.3, 0.4) is 0 Å². The number of carbonyl (C=O) groups is 1. The van der Waals surface area contributed by atoms with Gasteiger partial charge in [0, 0.05) is 23.3 Å². The molecule has 0 bridgehead atoms. The summed E-state index contributed by atoms with van der Waals surface area (Å²) in [4.78, 5) is 35.1. The summed E-state index contributed by atoms with van der Waals surface area (Å²) in [7, 11) is 0. The van der Waals surface area contributed by atoms with Crippen LogP contribution >= 0.6 is 0 Å². The molecule has 0 saturated carbocycles. The van der Waals surface area contributed by atoms with Gasteiger partial charge in [-0.2, -0.15) is 5.11 Å². The van der Waals surface area contributed by atoms with Crippen LogP contribution in [0.15, 0.2) is 93.9 Å². The number of aromatic nitrogens is 2. The van der Waals surface area contributed by atoms with Gasteiger partial charge >= 0.3 is 0 Å². The number of azo groups is 1. The minimum Gasteiger partial charge on any atom is -0.295 e. The average Bonchev–Trinajstić information content (AvgIpc) is 3.14. The molecule has 9 heteroatoms. The molecule has 0 radical (unpaired) electrons. The van der Waals surface area contributed by atoms with Crippen molar-refractivity contribution in [3.05, 3.63) is 105 Å². The van der Waals surface area contributed by atoms with Gasteiger partial charge in [-0.05, 0) is 55.5 Å². The Kier molecular flexibility index (Phi) is 5.54. The molecule has 9 nitrogen and oxygen atoms in total. The van der Waals surface area contributed by atoms with Crippen LogP contribution in [0.1, 0.15) is 17.3 Å². The number of nitro groups is 1. The largest absolute Gasteiger partial charge is 0.299 e. The fraction of sp³-hybridized carbons (Fsp3) is 0.0435. The Hall–Kier alpha value is -4.66. The number of hydrogen-bond acceptors (Lipinski definition) is 6. The van der Waals surface area contributed by atoms with Gasteiger partial charge in [0.25, 0.3) is 11.2 Å². The van der Waals surface area contributed by atoms with Crippen molar-refractivity contribution in [2.75, 3.05) is 0 Å². The zero-order chi connectivity index (χ0) is 22.7. The second-order valence-corrected chi connectivity index (χ2v) is 6.92. The first kappa shape index (κ1) is 20.6. The Morgan fingerprint density at radius 3 is 2.19 bits per heavy atom. The summed E-state index contributed by atoms with van der Waals surface area (Å²) >= 11 is 0. The lowest BCUT2D eigenvalue weighted by Gasteiger charge is -2.01. The van der Waals surface area contributed by atoms with Crippen LogP contribution in [0.25, 0.3) is 16.9 Å². The Balaban J connectivity index is 1.80. The number of para-hydroxylation sites is 1. The lowest BCUT2D eigenvalue weighted by atomic mass is 10.1. The highest BCUT2D eigenvalue weighted by Gasteiger charge is 2.18. The third-order valence-corrected chi connectivity index (χ3v) is 4.79. The normalized spacial score (nSPS) is 11.0. The first-order chi connectivity index (χ1) is 15.4. The number of ketones is 1. The van der Waals surface area contributed by atoms with Crippen LogP contribution in [0, 0.1) is 10.1 Å². The lowest BCUT2D eigenvalue weighted by molar-refractivity contribution is -0.384. The third kappa shape index (κ3) is 4.12. The SMILES string of the molecule is CC(=O)c1ccc(N=Nc2c(-c3ccc([N+](=O)[O-])cc3)[nH]n(-c3ccccc3)c2=O)cc1. The topological polar surface area (TPSA) is 123 Å². The van der Waals surface area contributed by atoms with Gasteiger partial charge in [0.05, 0.1) is 22.0 Å². The van der Waals surface area contributed by atoms with E-state index in [4.69, 9.17) is 0 Å². The molecule has 0 aliphatic carbocycles. The zero-order valence-corrected chi connectivity index (χ0v) is 16.9. The van der Waals surface area contributed by atoms with Crippen molar-refractivity contribution in [3.63, 3.8) is 0 Å². The molecule has 0 saturated heterocycles. The molecule has 4 rings (SSSR count). The molecule has 1 aromatic heterocycles. The zero-order valence-electron chi connectivity index (χ0n) is 16.9. The van der Waals surface area contributed by atoms with E-state index in [0.29, 0.717) is 28.2 Å². The summed E-state index contributed by atoms with van der Waals surface area (Å²) in [5, 5.41) is 22.3. The van der Waals surface area contributed by atoms with Crippen LogP contribution in [0.2, 0.25) is 0 Å². The quantitative estimate of drug-likeness (QED) is 0.193. The summed E-state index contributed by atoms with van der Waals surface area (Å²) in [6.45, 7) is 1.47. The fourth-order valence-corrected chi connectivity index (χ4v) is 3.10. The first-order valence-corrected chi connectivity index (χ1v) is 9.62. The lowest BCUT2D eigenvalue weighted by Crippen LogP contribution is -2.13. The minimum absolute atomic E-state index is 0.0540. The molecule has 0 aliphatic heterocycles. The molecule has 4 aromatic rings. The number of non-ortho nitro benzene ring substituents is 1. The number of rotatable bonds is 6. The Morgan fingerprint density at radius 1 is 0.938 bits per heavy atom. The van der Waals surface area contributed by atoms with Crippen LogP contribution < -0.4 is 5.56 Å². The maximum absolute atomic E-state index is 13.1. The monoisotopic (exact) mass is 427 g/mol. The van der Waals surface area contributed by atoms with Gasteiger partial charge in [-0.15, -0.1) is 5.11 Å². The number of aromatic amines is 1. The Labute approximate surface area is 181 Å². The molecule has 0 spiro atoms.